The zero-order valence-corrected chi connectivity index (χ0v) is 13.0. The maximum absolute atomic E-state index is 12.7. The van der Waals surface area contributed by atoms with Crippen molar-refractivity contribution in [1.29, 1.82) is 0 Å². The SMILES string of the molecule is COCc1ccsc1C(=O)N1CCCCC1CCC(=O)O. The second-order valence-corrected chi connectivity index (χ2v) is 6.20. The average molecular weight is 311 g/mol. The number of methoxy groups -OCH3 is 1. The van der Waals surface area contributed by atoms with Crippen molar-refractivity contribution in [3.05, 3.63) is 21.9 Å². The van der Waals surface area contributed by atoms with Gasteiger partial charge in [0.25, 0.3) is 5.91 Å². The van der Waals surface area contributed by atoms with E-state index in [1.807, 2.05) is 16.3 Å². The molecule has 0 aromatic carbocycles. The Morgan fingerprint density at radius 2 is 2.29 bits per heavy atom. The monoisotopic (exact) mass is 311 g/mol. The second-order valence-electron chi connectivity index (χ2n) is 5.29. The molecule has 2 rings (SSSR count). The molecule has 0 radical (unpaired) electrons. The molecule has 5 nitrogen and oxygen atoms in total. The Morgan fingerprint density at radius 1 is 1.48 bits per heavy atom. The minimum atomic E-state index is -0.802. The topological polar surface area (TPSA) is 66.8 Å². The highest BCUT2D eigenvalue weighted by molar-refractivity contribution is 7.12. The van der Waals surface area contributed by atoms with Crippen LogP contribution in [0.5, 0.6) is 0 Å². The van der Waals surface area contributed by atoms with Crippen LogP contribution in [0.15, 0.2) is 11.4 Å². The maximum atomic E-state index is 12.7. The number of hydrogen-bond acceptors (Lipinski definition) is 4. The Morgan fingerprint density at radius 3 is 3.00 bits per heavy atom. The van der Waals surface area contributed by atoms with Gasteiger partial charge >= 0.3 is 5.97 Å². The lowest BCUT2D eigenvalue weighted by Crippen LogP contribution is -2.44. The molecule has 1 aromatic heterocycles. The number of aliphatic carboxylic acids is 1. The summed E-state index contributed by atoms with van der Waals surface area (Å²) in [5.41, 5.74) is 0.912. The first-order valence-electron chi connectivity index (χ1n) is 7.21. The second kappa shape index (κ2) is 7.56. The third-order valence-corrected chi connectivity index (χ3v) is 4.76. The Bertz CT molecular complexity index is 500. The molecule has 1 aromatic rings. The molecule has 0 bridgehead atoms. The van der Waals surface area contributed by atoms with E-state index >= 15 is 0 Å². The number of carboxylic acids is 1. The third-order valence-electron chi connectivity index (χ3n) is 3.82. The predicted molar refractivity (Wildman–Crippen MR) is 80.6 cm³/mol. The summed E-state index contributed by atoms with van der Waals surface area (Å²) in [6.45, 7) is 1.14. The minimum Gasteiger partial charge on any atom is -0.481 e. The average Bonchev–Trinajstić information content (AvgIpc) is 2.93. The molecule has 0 spiro atoms. The minimum absolute atomic E-state index is 0.0205. The van der Waals surface area contributed by atoms with Crippen molar-refractivity contribution in [2.45, 2.75) is 44.8 Å². The molecule has 1 fully saturated rings. The molecule has 1 amide bonds. The summed E-state index contributed by atoms with van der Waals surface area (Å²) in [5, 5.41) is 10.7. The zero-order chi connectivity index (χ0) is 15.2. The van der Waals surface area contributed by atoms with E-state index in [9.17, 15) is 9.59 Å². The molecule has 2 heterocycles. The largest absolute Gasteiger partial charge is 0.481 e. The molecule has 6 heteroatoms. The zero-order valence-electron chi connectivity index (χ0n) is 12.2. The van der Waals surface area contributed by atoms with Gasteiger partial charge in [-0.05, 0) is 37.1 Å². The van der Waals surface area contributed by atoms with E-state index in [1.165, 1.54) is 11.3 Å². The number of ether oxygens (including phenoxy) is 1. The number of hydrogen-bond donors (Lipinski definition) is 1. The number of thiophene rings is 1. The number of piperidine rings is 1. The van der Waals surface area contributed by atoms with Gasteiger partial charge in [0.2, 0.25) is 0 Å². The normalized spacial score (nSPS) is 18.7. The van der Waals surface area contributed by atoms with Gasteiger partial charge in [-0.1, -0.05) is 0 Å². The van der Waals surface area contributed by atoms with Crippen molar-refractivity contribution >= 4 is 23.2 Å². The van der Waals surface area contributed by atoms with Crippen LogP contribution in [0.4, 0.5) is 0 Å². The first-order chi connectivity index (χ1) is 10.1. The first kappa shape index (κ1) is 16.0. The van der Waals surface area contributed by atoms with Gasteiger partial charge in [-0.2, -0.15) is 0 Å². The van der Waals surface area contributed by atoms with Crippen LogP contribution >= 0.6 is 11.3 Å². The van der Waals surface area contributed by atoms with Gasteiger partial charge in [-0.15, -0.1) is 11.3 Å². The van der Waals surface area contributed by atoms with Crippen LogP contribution in [0.25, 0.3) is 0 Å². The molecule has 0 aliphatic carbocycles. The van der Waals surface area contributed by atoms with Gasteiger partial charge in [0.15, 0.2) is 0 Å². The molecule has 1 unspecified atom stereocenters. The molecular weight excluding hydrogens is 290 g/mol. The molecule has 1 saturated heterocycles. The highest BCUT2D eigenvalue weighted by Gasteiger charge is 2.29. The summed E-state index contributed by atoms with van der Waals surface area (Å²) in [4.78, 5) is 26.1. The summed E-state index contributed by atoms with van der Waals surface area (Å²) in [5.74, 6) is -0.781. The molecule has 116 valence electrons. The first-order valence-corrected chi connectivity index (χ1v) is 8.09. The third kappa shape index (κ3) is 4.04. The van der Waals surface area contributed by atoms with E-state index in [0.29, 0.717) is 19.6 Å². The Kier molecular flexibility index (Phi) is 5.76. The van der Waals surface area contributed by atoms with Crippen molar-refractivity contribution in [1.82, 2.24) is 4.90 Å². The van der Waals surface area contributed by atoms with Gasteiger partial charge in [-0.25, -0.2) is 0 Å². The van der Waals surface area contributed by atoms with Gasteiger partial charge in [0, 0.05) is 31.7 Å². The van der Waals surface area contributed by atoms with Crippen molar-refractivity contribution in [3.8, 4) is 0 Å². The number of likely N-dealkylation sites (tertiary alicyclic amines) is 1. The van der Waals surface area contributed by atoms with Gasteiger partial charge < -0.3 is 14.7 Å². The molecule has 0 saturated carbocycles. The van der Waals surface area contributed by atoms with Crippen molar-refractivity contribution in [2.75, 3.05) is 13.7 Å². The van der Waals surface area contributed by atoms with E-state index in [0.717, 1.165) is 29.7 Å². The molecule has 1 aliphatic rings. The molecule has 1 N–H and O–H groups in total. The van der Waals surface area contributed by atoms with Gasteiger partial charge in [0.1, 0.15) is 0 Å². The Labute approximate surface area is 128 Å². The van der Waals surface area contributed by atoms with Crippen molar-refractivity contribution < 1.29 is 19.4 Å². The fraction of sp³-hybridized carbons (Fsp3) is 0.600. The van der Waals surface area contributed by atoms with E-state index in [4.69, 9.17) is 9.84 Å². The van der Waals surface area contributed by atoms with Gasteiger partial charge in [-0.3, -0.25) is 9.59 Å². The predicted octanol–water partition coefficient (Wildman–Crippen LogP) is 2.75. The molecule has 21 heavy (non-hydrogen) atoms. The maximum Gasteiger partial charge on any atom is 0.303 e. The summed E-state index contributed by atoms with van der Waals surface area (Å²) in [7, 11) is 1.61. The van der Waals surface area contributed by atoms with E-state index in [1.54, 1.807) is 7.11 Å². The molecule has 1 atom stereocenters. The number of carboxylic acid groups (broad SMARTS) is 1. The lowest BCUT2D eigenvalue weighted by Gasteiger charge is -2.35. The van der Waals surface area contributed by atoms with Crippen molar-refractivity contribution in [2.24, 2.45) is 0 Å². The standard InChI is InChI=1S/C15H21NO4S/c1-20-10-11-7-9-21-14(11)15(19)16-8-3-2-4-12(16)5-6-13(17)18/h7,9,12H,2-6,8,10H2,1H3,(H,17,18). The van der Waals surface area contributed by atoms with Gasteiger partial charge in [0.05, 0.1) is 11.5 Å². The van der Waals surface area contributed by atoms with Crippen LogP contribution in [0.3, 0.4) is 0 Å². The highest BCUT2D eigenvalue weighted by atomic mass is 32.1. The Hall–Kier alpha value is -1.40. The molecular formula is C15H21NO4S. The summed E-state index contributed by atoms with van der Waals surface area (Å²) in [6.07, 6.45) is 3.59. The summed E-state index contributed by atoms with van der Waals surface area (Å²) < 4.78 is 5.13. The Balaban J connectivity index is 2.10. The smallest absolute Gasteiger partial charge is 0.303 e. The van der Waals surface area contributed by atoms with Crippen LogP contribution in [0.2, 0.25) is 0 Å². The number of nitrogens with zero attached hydrogens (tertiary/aromatic N) is 1. The number of carbonyl (C=O) groups excluding carboxylic acids is 1. The lowest BCUT2D eigenvalue weighted by molar-refractivity contribution is -0.137. The van der Waals surface area contributed by atoms with Crippen LogP contribution in [0.1, 0.15) is 47.3 Å². The van der Waals surface area contributed by atoms with Crippen LogP contribution in [-0.2, 0) is 16.1 Å². The fourth-order valence-electron chi connectivity index (χ4n) is 2.78. The van der Waals surface area contributed by atoms with E-state index in [2.05, 4.69) is 0 Å². The van der Waals surface area contributed by atoms with Crippen molar-refractivity contribution in [3.63, 3.8) is 0 Å². The quantitative estimate of drug-likeness (QED) is 0.877. The lowest BCUT2D eigenvalue weighted by atomic mass is 9.97. The van der Waals surface area contributed by atoms with Crippen LogP contribution < -0.4 is 0 Å². The molecule has 1 aliphatic heterocycles. The highest BCUT2D eigenvalue weighted by Crippen LogP contribution is 2.26. The van der Waals surface area contributed by atoms with E-state index < -0.39 is 5.97 Å². The number of amides is 1. The fourth-order valence-corrected chi connectivity index (χ4v) is 3.65. The number of rotatable bonds is 6. The van der Waals surface area contributed by atoms with E-state index in [-0.39, 0.29) is 18.4 Å². The van der Waals surface area contributed by atoms with Crippen LogP contribution in [0, 0.1) is 0 Å². The van der Waals surface area contributed by atoms with Crippen LogP contribution in [-0.4, -0.2) is 41.6 Å². The summed E-state index contributed by atoms with van der Waals surface area (Å²) in [6, 6.07) is 1.96. The number of carbonyl (C=O) groups is 2. The summed E-state index contributed by atoms with van der Waals surface area (Å²) >= 11 is 1.43.